The largest absolute Gasteiger partial charge is 0.0807 e. The number of hydrogen-bond acceptors (Lipinski definition) is 0. The molecule has 17 heavy (non-hydrogen) atoms. The summed E-state index contributed by atoms with van der Waals surface area (Å²) in [7, 11) is -1.17. The van der Waals surface area contributed by atoms with Crippen molar-refractivity contribution in [2.45, 2.75) is 52.2 Å². The van der Waals surface area contributed by atoms with Crippen molar-refractivity contribution in [3.63, 3.8) is 0 Å². The van der Waals surface area contributed by atoms with E-state index in [1.807, 2.05) is 0 Å². The van der Waals surface area contributed by atoms with E-state index in [-0.39, 0.29) is 0 Å². The van der Waals surface area contributed by atoms with Crippen molar-refractivity contribution in [3.8, 4) is 0 Å². The minimum Gasteiger partial charge on any atom is -0.0800 e. The molecule has 0 aliphatic rings. The van der Waals surface area contributed by atoms with Crippen molar-refractivity contribution < 1.29 is 0 Å². The second-order valence-corrected chi connectivity index (χ2v) is 10.1. The van der Waals surface area contributed by atoms with E-state index < -0.39 is 8.07 Å². The van der Waals surface area contributed by atoms with Crippen LogP contribution in [0.2, 0.25) is 18.1 Å². The molecule has 0 atom stereocenters. The lowest BCUT2D eigenvalue weighted by atomic mass is 10.2. The van der Waals surface area contributed by atoms with Crippen LogP contribution in [0, 0.1) is 0 Å². The van der Waals surface area contributed by atoms with E-state index in [0.29, 0.717) is 0 Å². The molecule has 0 spiro atoms. The molecule has 0 amide bonds. The predicted octanol–water partition coefficient (Wildman–Crippen LogP) is 5.53. The Morgan fingerprint density at radius 3 is 1.88 bits per heavy atom. The molecular formula is C16H26Si. The van der Waals surface area contributed by atoms with Crippen LogP contribution in [0.5, 0.6) is 0 Å². The van der Waals surface area contributed by atoms with Crippen LogP contribution in [0.3, 0.4) is 0 Å². The lowest BCUT2D eigenvalue weighted by Crippen LogP contribution is -2.34. The van der Waals surface area contributed by atoms with Gasteiger partial charge in [-0.15, -0.1) is 0 Å². The first kappa shape index (κ1) is 14.2. The van der Waals surface area contributed by atoms with E-state index in [2.05, 4.69) is 64.1 Å². The van der Waals surface area contributed by atoms with Crippen molar-refractivity contribution >= 4 is 14.1 Å². The maximum Gasteiger partial charge on any atom is 0.0807 e. The lowest BCUT2D eigenvalue weighted by Gasteiger charge is -2.31. The minimum absolute atomic E-state index is 1.17. The quantitative estimate of drug-likeness (QED) is 0.579. The summed E-state index contributed by atoms with van der Waals surface area (Å²) in [5, 5.41) is 1.75. The average Bonchev–Trinajstić information content (AvgIpc) is 2.41. The van der Waals surface area contributed by atoms with Crippen LogP contribution in [0.15, 0.2) is 35.5 Å². The lowest BCUT2D eigenvalue weighted by molar-refractivity contribution is 1.10. The highest BCUT2D eigenvalue weighted by atomic mass is 28.3. The van der Waals surface area contributed by atoms with E-state index in [1.165, 1.54) is 30.1 Å². The van der Waals surface area contributed by atoms with Gasteiger partial charge < -0.3 is 0 Å². The summed E-state index contributed by atoms with van der Waals surface area (Å²) in [6.07, 6.45) is 3.68. The van der Waals surface area contributed by atoms with Gasteiger partial charge in [0.2, 0.25) is 0 Å². The standard InChI is InChI=1S/C16H26Si/c1-5-16(17(6-2,7-3)8-4)14-15-12-10-9-11-13-15/h9-14H,5-8H2,1-4H3/b16-14-. The van der Waals surface area contributed by atoms with Crippen LogP contribution in [0.1, 0.15) is 39.7 Å². The van der Waals surface area contributed by atoms with Gasteiger partial charge in [-0.3, -0.25) is 0 Å². The van der Waals surface area contributed by atoms with Crippen molar-refractivity contribution in [2.75, 3.05) is 0 Å². The molecule has 1 aromatic carbocycles. The minimum atomic E-state index is -1.17. The van der Waals surface area contributed by atoms with Gasteiger partial charge in [0.1, 0.15) is 0 Å². The van der Waals surface area contributed by atoms with Crippen LogP contribution in [-0.2, 0) is 0 Å². The Balaban J connectivity index is 3.09. The van der Waals surface area contributed by atoms with Crippen LogP contribution < -0.4 is 0 Å². The third-order valence-corrected chi connectivity index (χ3v) is 10.2. The molecule has 1 heteroatoms. The van der Waals surface area contributed by atoms with E-state index in [1.54, 1.807) is 5.20 Å². The fraction of sp³-hybridized carbons (Fsp3) is 0.500. The Labute approximate surface area is 108 Å². The predicted molar refractivity (Wildman–Crippen MR) is 81.9 cm³/mol. The Kier molecular flexibility index (Phi) is 5.70. The summed E-state index contributed by atoms with van der Waals surface area (Å²) in [6, 6.07) is 14.9. The number of hydrogen-bond donors (Lipinski definition) is 0. The average molecular weight is 246 g/mol. The van der Waals surface area contributed by atoms with E-state index >= 15 is 0 Å². The Morgan fingerprint density at radius 1 is 0.941 bits per heavy atom. The molecule has 0 aliphatic carbocycles. The Hall–Kier alpha value is -0.823. The normalized spacial score (nSPS) is 12.8. The van der Waals surface area contributed by atoms with Crippen molar-refractivity contribution in [1.82, 2.24) is 0 Å². The van der Waals surface area contributed by atoms with Crippen LogP contribution >= 0.6 is 0 Å². The van der Waals surface area contributed by atoms with Gasteiger partial charge in [-0.25, -0.2) is 0 Å². The second-order valence-electron chi connectivity index (χ2n) is 4.77. The first-order valence-electron chi connectivity index (χ1n) is 6.98. The zero-order valence-corrected chi connectivity index (χ0v) is 12.8. The highest BCUT2D eigenvalue weighted by molar-refractivity contribution is 6.86. The van der Waals surface area contributed by atoms with Gasteiger partial charge >= 0.3 is 0 Å². The molecule has 0 radical (unpaired) electrons. The fourth-order valence-corrected chi connectivity index (χ4v) is 6.90. The van der Waals surface area contributed by atoms with Gasteiger partial charge in [-0.2, -0.15) is 0 Å². The molecule has 0 nitrogen and oxygen atoms in total. The highest BCUT2D eigenvalue weighted by Crippen LogP contribution is 2.31. The van der Waals surface area contributed by atoms with E-state index in [0.717, 1.165) is 0 Å². The molecule has 0 N–H and O–H groups in total. The van der Waals surface area contributed by atoms with E-state index in [9.17, 15) is 0 Å². The molecule has 0 aliphatic heterocycles. The van der Waals surface area contributed by atoms with Crippen LogP contribution in [0.4, 0.5) is 0 Å². The molecule has 0 unspecified atom stereocenters. The molecule has 0 saturated carbocycles. The van der Waals surface area contributed by atoms with Gasteiger partial charge in [-0.05, 0) is 12.0 Å². The smallest absolute Gasteiger partial charge is 0.0800 e. The van der Waals surface area contributed by atoms with Crippen LogP contribution in [0.25, 0.3) is 6.08 Å². The Morgan fingerprint density at radius 2 is 1.47 bits per heavy atom. The third-order valence-electron chi connectivity index (χ3n) is 4.23. The Bertz CT molecular complexity index is 339. The molecular weight excluding hydrogens is 220 g/mol. The van der Waals surface area contributed by atoms with Gasteiger partial charge in [0, 0.05) is 0 Å². The zero-order chi connectivity index (χ0) is 12.7. The second kappa shape index (κ2) is 6.80. The molecule has 0 fully saturated rings. The summed E-state index contributed by atoms with van der Waals surface area (Å²) in [5.74, 6) is 0. The SMILES string of the molecule is CC/C(=C/c1ccccc1)[Si](CC)(CC)CC. The number of rotatable bonds is 6. The summed E-state index contributed by atoms with van der Waals surface area (Å²) >= 11 is 0. The molecule has 0 saturated heterocycles. The third kappa shape index (κ3) is 3.32. The van der Waals surface area contributed by atoms with E-state index in [4.69, 9.17) is 0 Å². The monoisotopic (exact) mass is 246 g/mol. The summed E-state index contributed by atoms with van der Waals surface area (Å²) in [5.41, 5.74) is 1.37. The molecule has 94 valence electrons. The zero-order valence-electron chi connectivity index (χ0n) is 11.8. The first-order valence-corrected chi connectivity index (χ1v) is 9.60. The van der Waals surface area contributed by atoms with Gasteiger partial charge in [0.05, 0.1) is 8.07 Å². The van der Waals surface area contributed by atoms with Crippen molar-refractivity contribution in [1.29, 1.82) is 0 Å². The topological polar surface area (TPSA) is 0 Å². The summed E-state index contributed by atoms with van der Waals surface area (Å²) < 4.78 is 0. The molecule has 0 bridgehead atoms. The maximum atomic E-state index is 2.46. The molecule has 1 rings (SSSR count). The van der Waals surface area contributed by atoms with Crippen LogP contribution in [-0.4, -0.2) is 8.07 Å². The number of benzene rings is 1. The van der Waals surface area contributed by atoms with Crippen molar-refractivity contribution in [3.05, 3.63) is 41.1 Å². The molecule has 0 heterocycles. The fourth-order valence-electron chi connectivity index (χ4n) is 2.81. The molecule has 1 aromatic rings. The molecule has 0 aromatic heterocycles. The first-order chi connectivity index (χ1) is 8.22. The summed E-state index contributed by atoms with van der Waals surface area (Å²) in [6.45, 7) is 9.46. The summed E-state index contributed by atoms with van der Waals surface area (Å²) in [4.78, 5) is 0. The number of allylic oxidation sites excluding steroid dienone is 1. The van der Waals surface area contributed by atoms with Gasteiger partial charge in [-0.1, -0.05) is 87.4 Å². The van der Waals surface area contributed by atoms with Gasteiger partial charge in [0.15, 0.2) is 0 Å². The highest BCUT2D eigenvalue weighted by Gasteiger charge is 2.29. The van der Waals surface area contributed by atoms with Gasteiger partial charge in [0.25, 0.3) is 0 Å². The van der Waals surface area contributed by atoms with Crippen molar-refractivity contribution in [2.24, 2.45) is 0 Å². The maximum absolute atomic E-state index is 2.46.